The third-order valence-electron chi connectivity index (χ3n) is 2.68. The van der Waals surface area contributed by atoms with E-state index in [1.807, 2.05) is 6.92 Å². The van der Waals surface area contributed by atoms with Gasteiger partial charge in [-0.05, 0) is 6.92 Å². The summed E-state index contributed by atoms with van der Waals surface area (Å²) in [6.45, 7) is 1.68. The molecule has 2 aromatic rings. The van der Waals surface area contributed by atoms with Gasteiger partial charge in [0.2, 0.25) is 0 Å². The van der Waals surface area contributed by atoms with Gasteiger partial charge in [0.15, 0.2) is 0 Å². The standard InChI is InChI=1S/C14H15F2N3/c1-11-7-19-13(9-18-11)8-17-10-14(15,16)12-5-3-2-4-6-12/h2-7,9,17H,8,10H2,1H3. The van der Waals surface area contributed by atoms with Crippen molar-refractivity contribution in [2.45, 2.75) is 19.4 Å². The second kappa shape index (κ2) is 5.84. The van der Waals surface area contributed by atoms with Gasteiger partial charge in [0.05, 0.1) is 17.9 Å². The number of nitrogens with one attached hydrogen (secondary N) is 1. The quantitative estimate of drug-likeness (QED) is 0.901. The Labute approximate surface area is 110 Å². The van der Waals surface area contributed by atoms with Crippen LogP contribution in [0, 0.1) is 6.92 Å². The first kappa shape index (κ1) is 13.5. The molecule has 0 aliphatic rings. The number of aromatic nitrogens is 2. The number of halogens is 2. The van der Waals surface area contributed by atoms with E-state index < -0.39 is 12.5 Å². The average molecular weight is 263 g/mol. The Balaban J connectivity index is 1.90. The highest BCUT2D eigenvalue weighted by atomic mass is 19.3. The normalized spacial score (nSPS) is 11.5. The van der Waals surface area contributed by atoms with Crippen molar-refractivity contribution < 1.29 is 8.78 Å². The molecule has 0 amide bonds. The summed E-state index contributed by atoms with van der Waals surface area (Å²) in [5, 5.41) is 2.71. The molecule has 1 N–H and O–H groups in total. The van der Waals surface area contributed by atoms with E-state index in [-0.39, 0.29) is 12.1 Å². The van der Waals surface area contributed by atoms with Crippen molar-refractivity contribution in [3.8, 4) is 0 Å². The lowest BCUT2D eigenvalue weighted by atomic mass is 10.1. The topological polar surface area (TPSA) is 37.8 Å². The zero-order chi connectivity index (χ0) is 13.7. The van der Waals surface area contributed by atoms with Crippen molar-refractivity contribution in [2.24, 2.45) is 0 Å². The highest BCUT2D eigenvalue weighted by Gasteiger charge is 2.30. The van der Waals surface area contributed by atoms with Gasteiger partial charge >= 0.3 is 0 Å². The first-order valence-electron chi connectivity index (χ1n) is 5.99. The van der Waals surface area contributed by atoms with Crippen molar-refractivity contribution in [3.05, 3.63) is 59.7 Å². The Morgan fingerprint density at radius 1 is 1.11 bits per heavy atom. The van der Waals surface area contributed by atoms with Crippen LogP contribution in [0.3, 0.4) is 0 Å². The Kier molecular flexibility index (Phi) is 4.16. The zero-order valence-electron chi connectivity index (χ0n) is 10.6. The molecule has 0 aliphatic heterocycles. The second-order valence-corrected chi connectivity index (χ2v) is 4.32. The van der Waals surface area contributed by atoms with Crippen LogP contribution in [-0.4, -0.2) is 16.5 Å². The molecule has 19 heavy (non-hydrogen) atoms. The number of benzene rings is 1. The monoisotopic (exact) mass is 263 g/mol. The molecule has 0 atom stereocenters. The van der Waals surface area contributed by atoms with E-state index >= 15 is 0 Å². The highest BCUT2D eigenvalue weighted by Crippen LogP contribution is 2.26. The van der Waals surface area contributed by atoms with E-state index in [9.17, 15) is 8.78 Å². The molecule has 0 bridgehead atoms. The summed E-state index contributed by atoms with van der Waals surface area (Å²) in [7, 11) is 0. The third-order valence-corrected chi connectivity index (χ3v) is 2.68. The van der Waals surface area contributed by atoms with Crippen molar-refractivity contribution in [3.63, 3.8) is 0 Å². The summed E-state index contributed by atoms with van der Waals surface area (Å²) in [6.07, 6.45) is 3.20. The smallest absolute Gasteiger partial charge is 0.285 e. The summed E-state index contributed by atoms with van der Waals surface area (Å²) in [5.74, 6) is -2.89. The predicted molar refractivity (Wildman–Crippen MR) is 68.8 cm³/mol. The summed E-state index contributed by atoms with van der Waals surface area (Å²) >= 11 is 0. The Morgan fingerprint density at radius 2 is 1.84 bits per heavy atom. The lowest BCUT2D eigenvalue weighted by Crippen LogP contribution is -2.30. The molecule has 0 fully saturated rings. The van der Waals surface area contributed by atoms with Crippen LogP contribution < -0.4 is 5.32 Å². The van der Waals surface area contributed by atoms with Crippen LogP contribution in [-0.2, 0) is 12.5 Å². The molecule has 0 saturated heterocycles. The van der Waals surface area contributed by atoms with Gasteiger partial charge in [0, 0.05) is 24.5 Å². The van der Waals surface area contributed by atoms with Gasteiger partial charge in [-0.15, -0.1) is 0 Å². The fraction of sp³-hybridized carbons (Fsp3) is 0.286. The molecule has 0 unspecified atom stereocenters. The van der Waals surface area contributed by atoms with Gasteiger partial charge in [-0.2, -0.15) is 8.78 Å². The minimum Gasteiger partial charge on any atom is -0.305 e. The van der Waals surface area contributed by atoms with Crippen LogP contribution >= 0.6 is 0 Å². The molecule has 0 spiro atoms. The van der Waals surface area contributed by atoms with Gasteiger partial charge in [-0.1, -0.05) is 30.3 Å². The number of nitrogens with zero attached hydrogens (tertiary/aromatic N) is 2. The minimum atomic E-state index is -2.89. The van der Waals surface area contributed by atoms with E-state index in [0.29, 0.717) is 5.69 Å². The number of alkyl halides is 2. The molecular weight excluding hydrogens is 248 g/mol. The molecular formula is C14H15F2N3. The molecule has 2 rings (SSSR count). The lowest BCUT2D eigenvalue weighted by molar-refractivity contribution is -0.00350. The fourth-order valence-corrected chi connectivity index (χ4v) is 1.64. The van der Waals surface area contributed by atoms with Gasteiger partial charge < -0.3 is 5.32 Å². The minimum absolute atomic E-state index is 0.0116. The van der Waals surface area contributed by atoms with Crippen molar-refractivity contribution in [1.82, 2.24) is 15.3 Å². The largest absolute Gasteiger partial charge is 0.305 e. The summed E-state index contributed by atoms with van der Waals surface area (Å²) in [5.41, 5.74) is 1.46. The molecule has 0 radical (unpaired) electrons. The van der Waals surface area contributed by atoms with Gasteiger partial charge in [0.25, 0.3) is 5.92 Å². The van der Waals surface area contributed by atoms with Crippen molar-refractivity contribution >= 4 is 0 Å². The molecule has 3 nitrogen and oxygen atoms in total. The van der Waals surface area contributed by atoms with Gasteiger partial charge in [-0.3, -0.25) is 9.97 Å². The fourth-order valence-electron chi connectivity index (χ4n) is 1.64. The van der Waals surface area contributed by atoms with Crippen molar-refractivity contribution in [2.75, 3.05) is 6.54 Å². The van der Waals surface area contributed by atoms with Crippen LogP contribution in [0.2, 0.25) is 0 Å². The van der Waals surface area contributed by atoms with Crippen LogP contribution in [0.15, 0.2) is 42.7 Å². The van der Waals surface area contributed by atoms with Gasteiger partial charge in [-0.25, -0.2) is 0 Å². The lowest BCUT2D eigenvalue weighted by Gasteiger charge is -2.17. The van der Waals surface area contributed by atoms with Crippen LogP contribution in [0.5, 0.6) is 0 Å². The van der Waals surface area contributed by atoms with Crippen LogP contribution in [0.1, 0.15) is 17.0 Å². The number of hydrogen-bond donors (Lipinski definition) is 1. The third kappa shape index (κ3) is 3.79. The first-order valence-corrected chi connectivity index (χ1v) is 5.99. The molecule has 5 heteroatoms. The Hall–Kier alpha value is -1.88. The average Bonchev–Trinajstić information content (AvgIpc) is 2.42. The van der Waals surface area contributed by atoms with Crippen LogP contribution in [0.25, 0.3) is 0 Å². The van der Waals surface area contributed by atoms with Gasteiger partial charge in [0.1, 0.15) is 0 Å². The van der Waals surface area contributed by atoms with E-state index in [0.717, 1.165) is 5.69 Å². The zero-order valence-corrected chi connectivity index (χ0v) is 10.6. The maximum absolute atomic E-state index is 13.8. The van der Waals surface area contributed by atoms with E-state index in [4.69, 9.17) is 0 Å². The highest BCUT2D eigenvalue weighted by molar-refractivity contribution is 5.20. The molecule has 0 aliphatic carbocycles. The summed E-state index contributed by atoms with van der Waals surface area (Å²) in [4.78, 5) is 8.16. The van der Waals surface area contributed by atoms with E-state index in [2.05, 4.69) is 15.3 Å². The maximum atomic E-state index is 13.8. The Bertz CT molecular complexity index is 512. The second-order valence-electron chi connectivity index (χ2n) is 4.32. The molecule has 1 aromatic carbocycles. The molecule has 100 valence electrons. The molecule has 1 aromatic heterocycles. The Morgan fingerprint density at radius 3 is 2.47 bits per heavy atom. The number of hydrogen-bond acceptors (Lipinski definition) is 3. The number of aryl methyl sites for hydroxylation is 1. The SMILES string of the molecule is Cc1cnc(CNCC(F)(F)c2ccccc2)cn1. The number of rotatable bonds is 5. The predicted octanol–water partition coefficient (Wildman–Crippen LogP) is 2.67. The molecule has 1 heterocycles. The summed E-state index contributed by atoms with van der Waals surface area (Å²) < 4.78 is 27.6. The van der Waals surface area contributed by atoms with Crippen molar-refractivity contribution in [1.29, 1.82) is 0 Å². The van der Waals surface area contributed by atoms with Crippen LogP contribution in [0.4, 0.5) is 8.78 Å². The molecule has 0 saturated carbocycles. The van der Waals surface area contributed by atoms with E-state index in [1.54, 1.807) is 30.6 Å². The van der Waals surface area contributed by atoms with E-state index in [1.165, 1.54) is 12.1 Å². The maximum Gasteiger partial charge on any atom is 0.285 e. The first-order chi connectivity index (χ1) is 9.08. The summed E-state index contributed by atoms with van der Waals surface area (Å²) in [6, 6.07) is 7.78.